The summed E-state index contributed by atoms with van der Waals surface area (Å²) in [7, 11) is -2.08. The maximum Gasteiger partial charge on any atom is 0.251 e. The van der Waals surface area contributed by atoms with Gasteiger partial charge in [0.1, 0.15) is 5.75 Å². The molecule has 2 N–H and O–H groups in total. The van der Waals surface area contributed by atoms with Crippen molar-refractivity contribution >= 4 is 15.9 Å². The van der Waals surface area contributed by atoms with Crippen LogP contribution in [0.15, 0.2) is 53.4 Å². The van der Waals surface area contributed by atoms with Crippen LogP contribution in [-0.4, -0.2) is 28.0 Å². The zero-order valence-electron chi connectivity index (χ0n) is 15.2. The van der Waals surface area contributed by atoms with Gasteiger partial charge in [-0.1, -0.05) is 25.0 Å². The van der Waals surface area contributed by atoms with E-state index in [9.17, 15) is 13.2 Å². The van der Waals surface area contributed by atoms with Crippen LogP contribution in [0.25, 0.3) is 0 Å². The molecule has 2 rings (SSSR count). The first kappa shape index (κ1) is 20.5. The van der Waals surface area contributed by atoms with Crippen molar-refractivity contribution in [2.75, 3.05) is 13.7 Å². The van der Waals surface area contributed by atoms with Gasteiger partial charge in [0, 0.05) is 5.56 Å². The molecule has 0 heterocycles. The quantitative estimate of drug-likeness (QED) is 0.683. The van der Waals surface area contributed by atoms with E-state index in [4.69, 9.17) is 11.2 Å². The Hall–Kier alpha value is -2.82. The normalized spacial score (nSPS) is 12.0. The monoisotopic (exact) mass is 386 g/mol. The van der Waals surface area contributed by atoms with Crippen molar-refractivity contribution in [3.05, 3.63) is 59.7 Å². The fourth-order valence-corrected chi connectivity index (χ4v) is 3.44. The molecule has 0 bridgehead atoms. The maximum atomic E-state index is 12.5. The first-order valence-electron chi connectivity index (χ1n) is 8.39. The van der Waals surface area contributed by atoms with Gasteiger partial charge in [0.05, 0.1) is 24.6 Å². The number of terminal acetylenes is 1. The van der Waals surface area contributed by atoms with Crippen molar-refractivity contribution in [3.63, 3.8) is 0 Å². The minimum atomic E-state index is -3.68. The smallest absolute Gasteiger partial charge is 0.251 e. The minimum Gasteiger partial charge on any atom is -0.497 e. The van der Waals surface area contributed by atoms with Crippen molar-refractivity contribution in [1.29, 1.82) is 0 Å². The Kier molecular flexibility index (Phi) is 6.99. The summed E-state index contributed by atoms with van der Waals surface area (Å²) in [4.78, 5) is 12.6. The molecule has 0 aromatic heterocycles. The molecule has 1 amide bonds. The second kappa shape index (κ2) is 9.21. The lowest BCUT2D eigenvalue weighted by Gasteiger charge is -2.18. The number of rotatable bonds is 8. The van der Waals surface area contributed by atoms with Crippen LogP contribution in [0, 0.1) is 12.3 Å². The van der Waals surface area contributed by atoms with Crippen LogP contribution in [0.2, 0.25) is 0 Å². The third kappa shape index (κ3) is 5.33. The standard InChI is InChI=1S/C20H22N2O4S/c1-4-14-21-27(24,25)18-12-8-16(9-13-18)20(23)22-19(5-2)15-6-10-17(26-3)11-7-15/h1,6-13,19,21H,5,14H2,2-3H3,(H,22,23). The van der Waals surface area contributed by atoms with E-state index in [1.807, 2.05) is 31.2 Å². The van der Waals surface area contributed by atoms with Crippen molar-refractivity contribution in [2.24, 2.45) is 0 Å². The molecule has 0 saturated heterocycles. The molecule has 0 spiro atoms. The Morgan fingerprint density at radius 2 is 1.78 bits per heavy atom. The number of sulfonamides is 1. The highest BCUT2D eigenvalue weighted by Crippen LogP contribution is 2.21. The summed E-state index contributed by atoms with van der Waals surface area (Å²) in [5.74, 6) is 2.68. The average molecular weight is 386 g/mol. The van der Waals surface area contributed by atoms with E-state index in [0.717, 1.165) is 11.3 Å². The molecule has 0 saturated carbocycles. The topological polar surface area (TPSA) is 84.5 Å². The highest BCUT2D eigenvalue weighted by atomic mass is 32.2. The highest BCUT2D eigenvalue weighted by molar-refractivity contribution is 7.89. The van der Waals surface area contributed by atoms with E-state index >= 15 is 0 Å². The van der Waals surface area contributed by atoms with Crippen LogP contribution in [-0.2, 0) is 10.0 Å². The van der Waals surface area contributed by atoms with Gasteiger partial charge < -0.3 is 10.1 Å². The van der Waals surface area contributed by atoms with E-state index < -0.39 is 10.0 Å². The maximum absolute atomic E-state index is 12.5. The van der Waals surface area contributed by atoms with Crippen LogP contribution in [0.4, 0.5) is 0 Å². The molecule has 2 aromatic carbocycles. The lowest BCUT2D eigenvalue weighted by atomic mass is 10.0. The van der Waals surface area contributed by atoms with E-state index in [-0.39, 0.29) is 23.4 Å². The molecular weight excluding hydrogens is 364 g/mol. The number of hydrogen-bond donors (Lipinski definition) is 2. The molecule has 0 radical (unpaired) electrons. The van der Waals surface area contributed by atoms with Gasteiger partial charge in [0.25, 0.3) is 5.91 Å². The van der Waals surface area contributed by atoms with Crippen molar-refractivity contribution < 1.29 is 17.9 Å². The number of methoxy groups -OCH3 is 1. The van der Waals surface area contributed by atoms with Gasteiger partial charge in [-0.2, -0.15) is 4.72 Å². The predicted molar refractivity (Wildman–Crippen MR) is 104 cm³/mol. The first-order valence-corrected chi connectivity index (χ1v) is 9.87. The summed E-state index contributed by atoms with van der Waals surface area (Å²) >= 11 is 0. The summed E-state index contributed by atoms with van der Waals surface area (Å²) < 4.78 is 31.4. The summed E-state index contributed by atoms with van der Waals surface area (Å²) in [5.41, 5.74) is 1.34. The van der Waals surface area contributed by atoms with E-state index in [2.05, 4.69) is 16.0 Å². The lowest BCUT2D eigenvalue weighted by Crippen LogP contribution is -2.28. The van der Waals surface area contributed by atoms with Gasteiger partial charge in [0.2, 0.25) is 10.0 Å². The first-order chi connectivity index (χ1) is 12.9. The Bertz CT molecular complexity index is 914. The van der Waals surface area contributed by atoms with Gasteiger partial charge in [-0.05, 0) is 48.4 Å². The van der Waals surface area contributed by atoms with Gasteiger partial charge in [-0.15, -0.1) is 6.42 Å². The van der Waals surface area contributed by atoms with E-state index in [1.54, 1.807) is 7.11 Å². The van der Waals surface area contributed by atoms with Crippen LogP contribution >= 0.6 is 0 Å². The van der Waals surface area contributed by atoms with Gasteiger partial charge >= 0.3 is 0 Å². The summed E-state index contributed by atoms with van der Waals surface area (Å²) in [6.07, 6.45) is 5.77. The largest absolute Gasteiger partial charge is 0.497 e. The van der Waals surface area contributed by atoms with Crippen molar-refractivity contribution in [3.8, 4) is 18.1 Å². The second-order valence-electron chi connectivity index (χ2n) is 5.76. The van der Waals surface area contributed by atoms with Crippen LogP contribution in [0.3, 0.4) is 0 Å². The fraction of sp³-hybridized carbons (Fsp3) is 0.250. The summed E-state index contributed by atoms with van der Waals surface area (Å²) in [6, 6.07) is 13.0. The lowest BCUT2D eigenvalue weighted by molar-refractivity contribution is 0.0935. The summed E-state index contributed by atoms with van der Waals surface area (Å²) in [6.45, 7) is 1.88. The number of ether oxygens (including phenoxy) is 1. The fourth-order valence-electron chi connectivity index (χ4n) is 2.50. The molecule has 1 unspecified atom stereocenters. The van der Waals surface area contributed by atoms with Crippen LogP contribution in [0.1, 0.15) is 35.3 Å². The van der Waals surface area contributed by atoms with E-state index in [0.29, 0.717) is 12.0 Å². The Balaban J connectivity index is 2.11. The molecule has 27 heavy (non-hydrogen) atoms. The number of nitrogens with one attached hydrogen (secondary N) is 2. The number of hydrogen-bond acceptors (Lipinski definition) is 4. The van der Waals surface area contributed by atoms with E-state index in [1.165, 1.54) is 24.3 Å². The Morgan fingerprint density at radius 1 is 1.15 bits per heavy atom. The Labute approximate surface area is 160 Å². The molecule has 0 fully saturated rings. The van der Waals surface area contributed by atoms with Gasteiger partial charge in [-0.25, -0.2) is 8.42 Å². The van der Waals surface area contributed by atoms with Gasteiger partial charge in [0.15, 0.2) is 0 Å². The third-order valence-corrected chi connectivity index (χ3v) is 5.44. The zero-order chi connectivity index (χ0) is 19.9. The van der Waals surface area contributed by atoms with Crippen molar-refractivity contribution in [2.45, 2.75) is 24.3 Å². The SMILES string of the molecule is C#CCNS(=O)(=O)c1ccc(C(=O)NC(CC)c2ccc(OC)cc2)cc1. The Morgan fingerprint density at radius 3 is 2.30 bits per heavy atom. The number of carbonyl (C=O) groups excluding carboxylic acids is 1. The zero-order valence-corrected chi connectivity index (χ0v) is 16.0. The molecule has 0 aliphatic carbocycles. The predicted octanol–water partition coefficient (Wildman–Crippen LogP) is 2.49. The third-order valence-electron chi connectivity index (χ3n) is 4.02. The molecular formula is C20H22N2O4S. The molecule has 2 aromatic rings. The number of carbonyl (C=O) groups is 1. The van der Waals surface area contributed by atoms with Crippen molar-refractivity contribution in [1.82, 2.24) is 10.0 Å². The second-order valence-corrected chi connectivity index (χ2v) is 7.53. The minimum absolute atomic E-state index is 0.0523. The summed E-state index contributed by atoms with van der Waals surface area (Å²) in [5, 5.41) is 2.96. The molecule has 142 valence electrons. The molecule has 0 aliphatic heterocycles. The van der Waals surface area contributed by atoms with Crippen LogP contribution < -0.4 is 14.8 Å². The molecule has 6 nitrogen and oxygen atoms in total. The highest BCUT2D eigenvalue weighted by Gasteiger charge is 2.17. The average Bonchev–Trinajstić information content (AvgIpc) is 2.70. The molecule has 0 aliphatic rings. The van der Waals surface area contributed by atoms with Crippen LogP contribution in [0.5, 0.6) is 5.75 Å². The number of amides is 1. The number of benzene rings is 2. The molecule has 1 atom stereocenters. The molecule has 7 heteroatoms. The van der Waals surface area contributed by atoms with Gasteiger partial charge in [-0.3, -0.25) is 4.79 Å².